The van der Waals surface area contributed by atoms with E-state index in [4.69, 9.17) is 4.74 Å². The number of nitrogens with one attached hydrogen (secondary N) is 1. The molecule has 120 valence electrons. The first-order chi connectivity index (χ1) is 11.7. The van der Waals surface area contributed by atoms with Crippen LogP contribution in [0.25, 0.3) is 11.3 Å². The Hall–Kier alpha value is -2.80. The van der Waals surface area contributed by atoms with Crippen LogP contribution in [0.15, 0.2) is 53.7 Å². The highest BCUT2D eigenvalue weighted by Crippen LogP contribution is 2.39. The molecule has 6 nitrogen and oxygen atoms in total. The fourth-order valence-corrected chi connectivity index (χ4v) is 2.87. The van der Waals surface area contributed by atoms with Gasteiger partial charge in [0.15, 0.2) is 11.9 Å². The molecule has 1 aromatic heterocycles. The van der Waals surface area contributed by atoms with E-state index in [1.807, 2.05) is 36.6 Å². The largest absolute Gasteiger partial charge is 0.508 e. The Balaban J connectivity index is 1.87. The van der Waals surface area contributed by atoms with Crippen LogP contribution < -0.4 is 10.1 Å². The summed E-state index contributed by atoms with van der Waals surface area (Å²) in [6.07, 6.45) is 1.39. The van der Waals surface area contributed by atoms with Gasteiger partial charge in [0, 0.05) is 16.8 Å². The summed E-state index contributed by atoms with van der Waals surface area (Å²) in [6.45, 7) is 0. The molecular weight excluding hydrogens is 324 g/mol. The smallest absolute Gasteiger partial charge is 0.247 e. The Labute approximate surface area is 142 Å². The average molecular weight is 338 g/mol. The zero-order valence-corrected chi connectivity index (χ0v) is 13.6. The summed E-state index contributed by atoms with van der Waals surface area (Å²) >= 11 is 1.40. The van der Waals surface area contributed by atoms with E-state index in [2.05, 4.69) is 20.5 Å². The number of anilines is 1. The average Bonchev–Trinajstić information content (AvgIpc) is 2.78. The summed E-state index contributed by atoms with van der Waals surface area (Å²) in [5, 5.41) is 22.1. The van der Waals surface area contributed by atoms with Crippen molar-refractivity contribution in [2.24, 2.45) is 0 Å². The number of aromatic nitrogens is 3. The SMILES string of the molecule is CSc1nnc2c(n1)O[C@H](c1cccc(O)c1)Nc1ccccc1-2. The lowest BCUT2D eigenvalue weighted by atomic mass is 10.1. The highest BCUT2D eigenvalue weighted by Gasteiger charge is 2.25. The molecule has 0 bridgehead atoms. The molecule has 0 unspecified atom stereocenters. The quantitative estimate of drug-likeness (QED) is 0.693. The van der Waals surface area contributed by atoms with Gasteiger partial charge in [0.1, 0.15) is 5.75 Å². The van der Waals surface area contributed by atoms with Gasteiger partial charge < -0.3 is 15.2 Å². The lowest BCUT2D eigenvalue weighted by molar-refractivity contribution is 0.225. The fraction of sp³-hybridized carbons (Fsp3) is 0.118. The maximum absolute atomic E-state index is 9.76. The Kier molecular flexibility index (Phi) is 3.70. The molecule has 0 saturated heterocycles. The van der Waals surface area contributed by atoms with Gasteiger partial charge in [0.25, 0.3) is 0 Å². The highest BCUT2D eigenvalue weighted by atomic mass is 32.2. The van der Waals surface area contributed by atoms with E-state index >= 15 is 0 Å². The van der Waals surface area contributed by atoms with Crippen molar-refractivity contribution in [3.05, 3.63) is 54.1 Å². The number of aromatic hydroxyl groups is 1. The van der Waals surface area contributed by atoms with Crippen molar-refractivity contribution in [2.75, 3.05) is 11.6 Å². The van der Waals surface area contributed by atoms with Crippen LogP contribution in [0.1, 0.15) is 11.8 Å². The summed E-state index contributed by atoms with van der Waals surface area (Å²) in [5.41, 5.74) is 3.14. The number of ether oxygens (including phenoxy) is 1. The molecule has 1 aliphatic rings. The van der Waals surface area contributed by atoms with E-state index in [1.165, 1.54) is 11.8 Å². The molecule has 2 aromatic carbocycles. The number of thioether (sulfide) groups is 1. The molecule has 0 aliphatic carbocycles. The molecule has 0 spiro atoms. The van der Waals surface area contributed by atoms with E-state index in [0.29, 0.717) is 16.7 Å². The Morgan fingerprint density at radius 2 is 2.00 bits per heavy atom. The Morgan fingerprint density at radius 1 is 1.12 bits per heavy atom. The molecule has 7 heteroatoms. The second-order valence-corrected chi connectivity index (χ2v) is 6.01. The minimum Gasteiger partial charge on any atom is -0.508 e. The van der Waals surface area contributed by atoms with E-state index in [0.717, 1.165) is 16.8 Å². The molecule has 1 atom stereocenters. The van der Waals surface area contributed by atoms with Crippen LogP contribution in [-0.2, 0) is 0 Å². The number of hydrogen-bond donors (Lipinski definition) is 2. The number of rotatable bonds is 2. The summed E-state index contributed by atoms with van der Waals surface area (Å²) in [6, 6.07) is 14.7. The first kappa shape index (κ1) is 14.8. The van der Waals surface area contributed by atoms with E-state index < -0.39 is 6.23 Å². The van der Waals surface area contributed by atoms with Crippen LogP contribution in [-0.4, -0.2) is 26.5 Å². The standard InChI is InChI=1S/C17H14N4O2S/c1-24-17-19-16-14(20-21-17)12-7-2-3-8-13(12)18-15(23-16)10-5-4-6-11(22)9-10/h2-9,15,18,22H,1H3/t15-/m1/s1. The lowest BCUT2D eigenvalue weighted by Crippen LogP contribution is -2.17. The predicted molar refractivity (Wildman–Crippen MR) is 92.1 cm³/mol. The van der Waals surface area contributed by atoms with Crippen LogP contribution in [0.4, 0.5) is 5.69 Å². The Morgan fingerprint density at radius 3 is 2.83 bits per heavy atom. The summed E-state index contributed by atoms with van der Waals surface area (Å²) in [5.74, 6) is 0.599. The number of phenolic OH excluding ortho intramolecular Hbond substituents is 1. The first-order valence-electron chi connectivity index (χ1n) is 7.35. The topological polar surface area (TPSA) is 80.2 Å². The van der Waals surface area contributed by atoms with Crippen LogP contribution in [0, 0.1) is 0 Å². The molecule has 0 amide bonds. The molecular formula is C17H14N4O2S. The van der Waals surface area contributed by atoms with E-state index in [-0.39, 0.29) is 5.75 Å². The maximum atomic E-state index is 9.76. The summed E-state index contributed by atoms with van der Waals surface area (Å²) < 4.78 is 6.07. The van der Waals surface area contributed by atoms with Gasteiger partial charge in [-0.3, -0.25) is 0 Å². The summed E-state index contributed by atoms with van der Waals surface area (Å²) in [4.78, 5) is 4.45. The number of fused-ring (bicyclic) bond motifs is 3. The molecule has 0 saturated carbocycles. The van der Waals surface area contributed by atoms with Crippen molar-refractivity contribution < 1.29 is 9.84 Å². The monoisotopic (exact) mass is 338 g/mol. The van der Waals surface area contributed by atoms with Crippen molar-refractivity contribution in [2.45, 2.75) is 11.4 Å². The van der Waals surface area contributed by atoms with E-state index in [1.54, 1.807) is 18.2 Å². The van der Waals surface area contributed by atoms with Crippen LogP contribution in [0.3, 0.4) is 0 Å². The number of hydrogen-bond acceptors (Lipinski definition) is 7. The molecule has 24 heavy (non-hydrogen) atoms. The number of phenols is 1. The second kappa shape index (κ2) is 6.01. The van der Waals surface area contributed by atoms with Crippen LogP contribution >= 0.6 is 11.8 Å². The number of nitrogens with zero attached hydrogens (tertiary/aromatic N) is 3. The van der Waals surface area contributed by atoms with Crippen molar-refractivity contribution in [1.29, 1.82) is 0 Å². The third-order valence-corrected chi connectivity index (χ3v) is 4.23. The van der Waals surface area contributed by atoms with Gasteiger partial charge in [-0.2, -0.15) is 4.98 Å². The molecule has 2 heterocycles. The minimum absolute atomic E-state index is 0.182. The van der Waals surface area contributed by atoms with Crippen molar-refractivity contribution in [1.82, 2.24) is 15.2 Å². The predicted octanol–water partition coefficient (Wildman–Crippen LogP) is 3.47. The van der Waals surface area contributed by atoms with Crippen LogP contribution in [0.2, 0.25) is 0 Å². The van der Waals surface area contributed by atoms with Crippen molar-refractivity contribution in [3.63, 3.8) is 0 Å². The Bertz CT molecular complexity index is 903. The normalized spacial score (nSPS) is 15.5. The third kappa shape index (κ3) is 2.63. The summed E-state index contributed by atoms with van der Waals surface area (Å²) in [7, 11) is 0. The second-order valence-electron chi connectivity index (χ2n) is 5.24. The van der Waals surface area contributed by atoms with Gasteiger partial charge in [0.05, 0.1) is 0 Å². The maximum Gasteiger partial charge on any atom is 0.247 e. The zero-order chi connectivity index (χ0) is 16.5. The lowest BCUT2D eigenvalue weighted by Gasteiger charge is -2.19. The van der Waals surface area contributed by atoms with Gasteiger partial charge in [-0.05, 0) is 24.5 Å². The number of para-hydroxylation sites is 1. The first-order valence-corrected chi connectivity index (χ1v) is 8.57. The third-order valence-electron chi connectivity index (χ3n) is 3.69. The van der Waals surface area contributed by atoms with Gasteiger partial charge in [0.2, 0.25) is 11.0 Å². The van der Waals surface area contributed by atoms with Crippen molar-refractivity contribution >= 4 is 17.4 Å². The van der Waals surface area contributed by atoms with Crippen molar-refractivity contribution in [3.8, 4) is 22.9 Å². The highest BCUT2D eigenvalue weighted by molar-refractivity contribution is 7.98. The molecule has 0 fully saturated rings. The van der Waals surface area contributed by atoms with Gasteiger partial charge in [-0.25, -0.2) is 0 Å². The zero-order valence-electron chi connectivity index (χ0n) is 12.8. The van der Waals surface area contributed by atoms with Gasteiger partial charge in [-0.15, -0.1) is 10.2 Å². The van der Waals surface area contributed by atoms with Gasteiger partial charge >= 0.3 is 0 Å². The minimum atomic E-state index is -0.495. The van der Waals surface area contributed by atoms with E-state index in [9.17, 15) is 5.11 Å². The molecule has 1 aliphatic heterocycles. The molecule has 2 N–H and O–H groups in total. The van der Waals surface area contributed by atoms with Gasteiger partial charge in [-0.1, -0.05) is 42.1 Å². The molecule has 4 rings (SSSR count). The fourth-order valence-electron chi connectivity index (χ4n) is 2.57. The van der Waals surface area contributed by atoms with Crippen LogP contribution in [0.5, 0.6) is 11.6 Å². The number of benzene rings is 2. The molecule has 0 radical (unpaired) electrons. The molecule has 3 aromatic rings.